The fourth-order valence-electron chi connectivity index (χ4n) is 3.98. The Bertz CT molecular complexity index is 201. The van der Waals surface area contributed by atoms with Crippen molar-refractivity contribution in [2.45, 2.75) is 57.8 Å². The Hall–Kier alpha value is -0.0800. The minimum atomic E-state index is 0.492. The summed E-state index contributed by atoms with van der Waals surface area (Å²) >= 11 is 0. The Morgan fingerprint density at radius 3 is 2.00 bits per heavy atom. The molecule has 94 valence electrons. The van der Waals surface area contributed by atoms with E-state index in [1.807, 2.05) is 0 Å². The Kier molecular flexibility index (Phi) is 4.26. The molecule has 2 aliphatic carbocycles. The summed E-state index contributed by atoms with van der Waals surface area (Å²) in [6, 6.07) is 0. The standard InChI is InChI=1S/C14H28N2/c15-10-12-6-8-14(11-16,9-7-12)13-4-2-1-3-5-13/h12-13H,1-11,15-16H2. The van der Waals surface area contributed by atoms with Gasteiger partial charge >= 0.3 is 0 Å². The van der Waals surface area contributed by atoms with Crippen LogP contribution in [0.25, 0.3) is 0 Å². The van der Waals surface area contributed by atoms with Gasteiger partial charge in [-0.2, -0.15) is 0 Å². The summed E-state index contributed by atoms with van der Waals surface area (Å²) in [6.45, 7) is 1.79. The van der Waals surface area contributed by atoms with Gasteiger partial charge in [-0.15, -0.1) is 0 Å². The van der Waals surface area contributed by atoms with Crippen molar-refractivity contribution in [3.63, 3.8) is 0 Å². The van der Waals surface area contributed by atoms with E-state index in [0.717, 1.165) is 24.9 Å². The minimum Gasteiger partial charge on any atom is -0.330 e. The third kappa shape index (κ3) is 2.43. The van der Waals surface area contributed by atoms with Crippen LogP contribution >= 0.6 is 0 Å². The molecule has 0 amide bonds. The van der Waals surface area contributed by atoms with Crippen LogP contribution in [0.4, 0.5) is 0 Å². The normalized spacial score (nSPS) is 37.5. The molecule has 0 aromatic carbocycles. The second-order valence-electron chi connectivity index (χ2n) is 6.08. The molecule has 0 heterocycles. The molecule has 2 saturated carbocycles. The zero-order valence-electron chi connectivity index (χ0n) is 10.6. The highest BCUT2D eigenvalue weighted by Gasteiger charge is 2.40. The van der Waals surface area contributed by atoms with Crippen LogP contribution in [0, 0.1) is 17.3 Å². The van der Waals surface area contributed by atoms with Crippen molar-refractivity contribution in [3.8, 4) is 0 Å². The molecule has 0 atom stereocenters. The van der Waals surface area contributed by atoms with Crippen molar-refractivity contribution in [2.24, 2.45) is 28.7 Å². The highest BCUT2D eigenvalue weighted by atomic mass is 14.6. The highest BCUT2D eigenvalue weighted by Crippen LogP contribution is 2.48. The van der Waals surface area contributed by atoms with Crippen LogP contribution in [0.2, 0.25) is 0 Å². The van der Waals surface area contributed by atoms with Crippen LogP contribution in [0.3, 0.4) is 0 Å². The van der Waals surface area contributed by atoms with Gasteiger partial charge in [0.15, 0.2) is 0 Å². The van der Waals surface area contributed by atoms with E-state index in [2.05, 4.69) is 0 Å². The van der Waals surface area contributed by atoms with Crippen LogP contribution in [0.15, 0.2) is 0 Å². The Morgan fingerprint density at radius 2 is 1.50 bits per heavy atom. The van der Waals surface area contributed by atoms with Gasteiger partial charge in [0.25, 0.3) is 0 Å². The van der Waals surface area contributed by atoms with Gasteiger partial charge in [0.05, 0.1) is 0 Å². The van der Waals surface area contributed by atoms with E-state index >= 15 is 0 Å². The lowest BCUT2D eigenvalue weighted by Crippen LogP contribution is -2.42. The van der Waals surface area contributed by atoms with Gasteiger partial charge < -0.3 is 11.5 Å². The maximum atomic E-state index is 6.12. The Labute approximate surface area is 100 Å². The maximum Gasteiger partial charge on any atom is -0.00179 e. The van der Waals surface area contributed by atoms with Gasteiger partial charge in [0.2, 0.25) is 0 Å². The average molecular weight is 224 g/mol. The monoisotopic (exact) mass is 224 g/mol. The summed E-state index contributed by atoms with van der Waals surface area (Å²) in [5, 5.41) is 0. The molecule has 0 aromatic heterocycles. The van der Waals surface area contributed by atoms with Gasteiger partial charge in [-0.25, -0.2) is 0 Å². The first-order valence-electron chi connectivity index (χ1n) is 7.21. The average Bonchev–Trinajstić information content (AvgIpc) is 2.40. The van der Waals surface area contributed by atoms with Crippen LogP contribution < -0.4 is 11.5 Å². The Morgan fingerprint density at radius 1 is 0.875 bits per heavy atom. The fraction of sp³-hybridized carbons (Fsp3) is 1.00. The van der Waals surface area contributed by atoms with Crippen molar-refractivity contribution < 1.29 is 0 Å². The maximum absolute atomic E-state index is 6.12. The lowest BCUT2D eigenvalue weighted by Gasteiger charge is -2.46. The van der Waals surface area contributed by atoms with Crippen LogP contribution in [0.1, 0.15) is 57.8 Å². The van der Waals surface area contributed by atoms with E-state index in [4.69, 9.17) is 11.5 Å². The molecule has 0 saturated heterocycles. The summed E-state index contributed by atoms with van der Waals surface area (Å²) in [5.74, 6) is 1.70. The zero-order chi connectivity index (χ0) is 11.4. The Balaban J connectivity index is 1.96. The second kappa shape index (κ2) is 5.50. The molecule has 2 nitrogen and oxygen atoms in total. The zero-order valence-corrected chi connectivity index (χ0v) is 10.6. The SMILES string of the molecule is NCC1CCC(CN)(C2CCCCC2)CC1. The lowest BCUT2D eigenvalue weighted by molar-refractivity contribution is 0.0584. The van der Waals surface area contributed by atoms with Gasteiger partial charge in [0.1, 0.15) is 0 Å². The van der Waals surface area contributed by atoms with E-state index in [1.54, 1.807) is 0 Å². The van der Waals surface area contributed by atoms with Crippen LogP contribution in [-0.4, -0.2) is 13.1 Å². The number of hydrogen-bond acceptors (Lipinski definition) is 2. The molecule has 2 aliphatic rings. The summed E-state index contributed by atoms with van der Waals surface area (Å²) in [4.78, 5) is 0. The van der Waals surface area contributed by atoms with E-state index in [9.17, 15) is 0 Å². The van der Waals surface area contributed by atoms with Crippen LogP contribution in [0.5, 0.6) is 0 Å². The predicted octanol–water partition coefficient (Wildman–Crippen LogP) is 2.66. The van der Waals surface area contributed by atoms with E-state index < -0.39 is 0 Å². The predicted molar refractivity (Wildman–Crippen MR) is 69.1 cm³/mol. The molecule has 0 aromatic rings. The van der Waals surface area contributed by atoms with Crippen molar-refractivity contribution >= 4 is 0 Å². The van der Waals surface area contributed by atoms with Crippen molar-refractivity contribution in [1.29, 1.82) is 0 Å². The molecule has 0 bridgehead atoms. The number of rotatable bonds is 3. The molecule has 4 N–H and O–H groups in total. The highest BCUT2D eigenvalue weighted by molar-refractivity contribution is 4.93. The molecule has 0 spiro atoms. The third-order valence-electron chi connectivity index (χ3n) is 5.31. The molecular formula is C14H28N2. The third-order valence-corrected chi connectivity index (χ3v) is 5.31. The van der Waals surface area contributed by atoms with Crippen molar-refractivity contribution in [3.05, 3.63) is 0 Å². The van der Waals surface area contributed by atoms with Gasteiger partial charge in [-0.1, -0.05) is 19.3 Å². The van der Waals surface area contributed by atoms with Crippen LogP contribution in [-0.2, 0) is 0 Å². The smallest absolute Gasteiger partial charge is 0.00179 e. The molecule has 16 heavy (non-hydrogen) atoms. The molecule has 0 radical (unpaired) electrons. The first kappa shape index (κ1) is 12.4. The fourth-order valence-corrected chi connectivity index (χ4v) is 3.98. The topological polar surface area (TPSA) is 52.0 Å². The van der Waals surface area contributed by atoms with Crippen molar-refractivity contribution in [1.82, 2.24) is 0 Å². The first-order valence-corrected chi connectivity index (χ1v) is 7.21. The van der Waals surface area contributed by atoms with Gasteiger partial charge in [-0.3, -0.25) is 0 Å². The first-order chi connectivity index (χ1) is 7.80. The van der Waals surface area contributed by atoms with Gasteiger partial charge in [-0.05, 0) is 68.9 Å². The number of hydrogen-bond donors (Lipinski definition) is 2. The molecule has 2 heteroatoms. The van der Waals surface area contributed by atoms with Gasteiger partial charge in [0, 0.05) is 0 Å². The minimum absolute atomic E-state index is 0.492. The second-order valence-corrected chi connectivity index (χ2v) is 6.08. The van der Waals surface area contributed by atoms with Crippen molar-refractivity contribution in [2.75, 3.05) is 13.1 Å². The molecule has 0 unspecified atom stereocenters. The quantitative estimate of drug-likeness (QED) is 0.774. The van der Waals surface area contributed by atoms with E-state index in [1.165, 1.54) is 57.8 Å². The summed E-state index contributed by atoms with van der Waals surface area (Å²) in [6.07, 6.45) is 12.5. The molecule has 2 fully saturated rings. The lowest BCUT2D eigenvalue weighted by atomic mass is 9.60. The van der Waals surface area contributed by atoms with E-state index in [-0.39, 0.29) is 0 Å². The summed E-state index contributed by atoms with van der Waals surface area (Å²) < 4.78 is 0. The van der Waals surface area contributed by atoms with E-state index in [0.29, 0.717) is 5.41 Å². The molecule has 0 aliphatic heterocycles. The number of nitrogens with two attached hydrogens (primary N) is 2. The summed E-state index contributed by atoms with van der Waals surface area (Å²) in [7, 11) is 0. The summed E-state index contributed by atoms with van der Waals surface area (Å²) in [5.41, 5.74) is 12.4. The molecular weight excluding hydrogens is 196 g/mol. The molecule has 2 rings (SSSR count). The largest absolute Gasteiger partial charge is 0.330 e.